The SMILES string of the molecule is NC1(c2ccc(SC(F)(F)F)cc2)CC1(F)F. The second-order valence-corrected chi connectivity index (χ2v) is 5.06. The fourth-order valence-electron chi connectivity index (χ4n) is 1.57. The highest BCUT2D eigenvalue weighted by Gasteiger charge is 2.69. The normalized spacial score (nSPS) is 26.9. The van der Waals surface area contributed by atoms with Crippen molar-refractivity contribution in [3.63, 3.8) is 0 Å². The van der Waals surface area contributed by atoms with E-state index in [1.54, 1.807) is 0 Å². The zero-order valence-corrected chi connectivity index (χ0v) is 9.21. The van der Waals surface area contributed by atoms with E-state index in [-0.39, 0.29) is 22.2 Å². The zero-order chi connectivity index (χ0) is 12.9. The van der Waals surface area contributed by atoms with Gasteiger partial charge in [-0.15, -0.1) is 0 Å². The van der Waals surface area contributed by atoms with Crippen LogP contribution < -0.4 is 5.73 Å². The van der Waals surface area contributed by atoms with Crippen molar-refractivity contribution in [2.75, 3.05) is 0 Å². The van der Waals surface area contributed by atoms with Gasteiger partial charge in [0, 0.05) is 11.3 Å². The summed E-state index contributed by atoms with van der Waals surface area (Å²) in [5.74, 6) is -2.97. The molecule has 0 bridgehead atoms. The van der Waals surface area contributed by atoms with Gasteiger partial charge in [-0.05, 0) is 29.5 Å². The Morgan fingerprint density at radius 3 is 1.94 bits per heavy atom. The Morgan fingerprint density at radius 2 is 1.59 bits per heavy atom. The van der Waals surface area contributed by atoms with Gasteiger partial charge in [-0.3, -0.25) is 0 Å². The first-order chi connectivity index (χ1) is 7.64. The molecule has 0 aromatic heterocycles. The summed E-state index contributed by atoms with van der Waals surface area (Å²) in [5.41, 5.74) is -0.492. The van der Waals surface area contributed by atoms with Crippen LogP contribution in [-0.4, -0.2) is 11.4 Å². The molecule has 1 nitrogen and oxygen atoms in total. The molecule has 17 heavy (non-hydrogen) atoms. The first kappa shape index (κ1) is 12.6. The molecule has 0 radical (unpaired) electrons. The van der Waals surface area contributed by atoms with Crippen LogP contribution in [0.1, 0.15) is 12.0 Å². The molecule has 1 saturated carbocycles. The quantitative estimate of drug-likeness (QED) is 0.657. The minimum atomic E-state index is -4.38. The van der Waals surface area contributed by atoms with Crippen molar-refractivity contribution in [1.29, 1.82) is 0 Å². The molecule has 94 valence electrons. The van der Waals surface area contributed by atoms with E-state index in [0.29, 0.717) is 0 Å². The van der Waals surface area contributed by atoms with Gasteiger partial charge >= 0.3 is 5.51 Å². The number of hydrogen-bond acceptors (Lipinski definition) is 2. The highest BCUT2D eigenvalue weighted by Crippen LogP contribution is 2.57. The minimum Gasteiger partial charge on any atom is -0.316 e. The van der Waals surface area contributed by atoms with E-state index in [1.165, 1.54) is 12.1 Å². The summed E-state index contributed by atoms with van der Waals surface area (Å²) in [6, 6.07) is 4.73. The first-order valence-electron chi connectivity index (χ1n) is 4.67. The van der Waals surface area contributed by atoms with Crippen molar-refractivity contribution in [3.8, 4) is 0 Å². The lowest BCUT2D eigenvalue weighted by atomic mass is 10.1. The second kappa shape index (κ2) is 3.58. The number of halogens is 5. The molecule has 2 rings (SSSR count). The standard InChI is InChI=1S/C10H8F5NS/c11-9(12)5-8(9,16)6-1-3-7(4-2-6)17-10(13,14)15/h1-4H,5,16H2. The summed E-state index contributed by atoms with van der Waals surface area (Å²) < 4.78 is 61.9. The van der Waals surface area contributed by atoms with Crippen LogP contribution >= 0.6 is 11.8 Å². The molecule has 0 spiro atoms. The zero-order valence-electron chi connectivity index (χ0n) is 8.39. The summed E-state index contributed by atoms with van der Waals surface area (Å²) in [6.45, 7) is 0. The van der Waals surface area contributed by atoms with Gasteiger partial charge in [-0.2, -0.15) is 13.2 Å². The number of thioether (sulfide) groups is 1. The van der Waals surface area contributed by atoms with E-state index in [1.807, 2.05) is 0 Å². The van der Waals surface area contributed by atoms with Crippen LogP contribution in [0, 0.1) is 0 Å². The van der Waals surface area contributed by atoms with Crippen LogP contribution in [0.15, 0.2) is 29.2 Å². The lowest BCUT2D eigenvalue weighted by molar-refractivity contribution is -0.0328. The van der Waals surface area contributed by atoms with Crippen molar-refractivity contribution in [2.24, 2.45) is 5.73 Å². The highest BCUT2D eigenvalue weighted by atomic mass is 32.2. The summed E-state index contributed by atoms with van der Waals surface area (Å²) in [6.07, 6.45) is -0.467. The number of alkyl halides is 5. The van der Waals surface area contributed by atoms with Crippen LogP contribution in [0.3, 0.4) is 0 Å². The second-order valence-electron chi connectivity index (χ2n) is 3.92. The average molecular weight is 269 g/mol. The van der Waals surface area contributed by atoms with Gasteiger partial charge in [0.1, 0.15) is 5.54 Å². The predicted octanol–water partition coefficient (Wildman–Crippen LogP) is 3.49. The minimum absolute atomic E-state index is 0.0474. The third-order valence-corrected chi connectivity index (χ3v) is 3.37. The third-order valence-electron chi connectivity index (χ3n) is 2.63. The van der Waals surface area contributed by atoms with Crippen LogP contribution in [0.4, 0.5) is 22.0 Å². The van der Waals surface area contributed by atoms with Gasteiger partial charge in [0.05, 0.1) is 0 Å². The Kier molecular flexibility index (Phi) is 2.66. The molecule has 1 aromatic carbocycles. The van der Waals surface area contributed by atoms with Gasteiger partial charge in [0.25, 0.3) is 5.92 Å². The van der Waals surface area contributed by atoms with Crippen molar-refractivity contribution in [1.82, 2.24) is 0 Å². The molecular weight excluding hydrogens is 261 g/mol. The molecule has 2 N–H and O–H groups in total. The van der Waals surface area contributed by atoms with Gasteiger partial charge < -0.3 is 5.73 Å². The molecule has 1 atom stereocenters. The fraction of sp³-hybridized carbons (Fsp3) is 0.400. The van der Waals surface area contributed by atoms with Crippen molar-refractivity contribution in [2.45, 2.75) is 28.3 Å². The fourth-order valence-corrected chi connectivity index (χ4v) is 2.11. The van der Waals surface area contributed by atoms with E-state index in [2.05, 4.69) is 0 Å². The van der Waals surface area contributed by atoms with Crippen molar-refractivity contribution >= 4 is 11.8 Å². The monoisotopic (exact) mass is 269 g/mol. The molecule has 1 aliphatic carbocycles. The summed E-state index contributed by atoms with van der Waals surface area (Å²) in [7, 11) is 0. The van der Waals surface area contributed by atoms with Gasteiger partial charge in [0.2, 0.25) is 0 Å². The topological polar surface area (TPSA) is 26.0 Å². The maximum atomic E-state index is 12.9. The van der Waals surface area contributed by atoms with E-state index in [9.17, 15) is 22.0 Å². The lowest BCUT2D eigenvalue weighted by Gasteiger charge is -2.11. The van der Waals surface area contributed by atoms with Crippen molar-refractivity contribution in [3.05, 3.63) is 29.8 Å². The van der Waals surface area contributed by atoms with E-state index < -0.39 is 23.4 Å². The number of hydrogen-bond donors (Lipinski definition) is 1. The highest BCUT2D eigenvalue weighted by molar-refractivity contribution is 8.00. The Labute approximate surface area is 98.2 Å². The lowest BCUT2D eigenvalue weighted by Crippen LogP contribution is -2.26. The predicted molar refractivity (Wildman–Crippen MR) is 53.8 cm³/mol. The Balaban J connectivity index is 2.15. The Hall–Kier alpha value is -0.820. The Bertz CT molecular complexity index is 427. The third kappa shape index (κ3) is 2.40. The van der Waals surface area contributed by atoms with Crippen molar-refractivity contribution < 1.29 is 22.0 Å². The maximum absolute atomic E-state index is 12.9. The molecule has 1 aliphatic rings. The number of benzene rings is 1. The molecule has 0 saturated heterocycles. The molecule has 7 heteroatoms. The smallest absolute Gasteiger partial charge is 0.316 e. The van der Waals surface area contributed by atoms with Gasteiger partial charge in [0.15, 0.2) is 0 Å². The average Bonchev–Trinajstić information content (AvgIpc) is 2.65. The molecule has 0 aliphatic heterocycles. The summed E-state index contributed by atoms with van der Waals surface area (Å²) in [4.78, 5) is -0.0474. The number of rotatable bonds is 2. The summed E-state index contributed by atoms with van der Waals surface area (Å²) >= 11 is -0.288. The van der Waals surface area contributed by atoms with Gasteiger partial charge in [-0.1, -0.05) is 12.1 Å². The van der Waals surface area contributed by atoms with Gasteiger partial charge in [-0.25, -0.2) is 8.78 Å². The van der Waals surface area contributed by atoms with Crippen LogP contribution in [0.5, 0.6) is 0 Å². The molecule has 0 heterocycles. The molecule has 1 aromatic rings. The largest absolute Gasteiger partial charge is 0.446 e. The summed E-state index contributed by atoms with van der Waals surface area (Å²) in [5, 5.41) is 0. The molecule has 1 fully saturated rings. The molecular formula is C10H8F5NS. The van der Waals surface area contributed by atoms with Crippen LogP contribution in [-0.2, 0) is 5.54 Å². The maximum Gasteiger partial charge on any atom is 0.446 e. The van der Waals surface area contributed by atoms with E-state index in [4.69, 9.17) is 5.73 Å². The first-order valence-corrected chi connectivity index (χ1v) is 5.49. The molecule has 1 unspecified atom stereocenters. The van der Waals surface area contributed by atoms with E-state index >= 15 is 0 Å². The van der Waals surface area contributed by atoms with Crippen LogP contribution in [0.25, 0.3) is 0 Å². The Morgan fingerprint density at radius 1 is 1.12 bits per heavy atom. The van der Waals surface area contributed by atoms with Crippen LogP contribution in [0.2, 0.25) is 0 Å². The van der Waals surface area contributed by atoms with E-state index in [0.717, 1.165) is 12.1 Å². The number of nitrogens with two attached hydrogens (primary N) is 1. The molecule has 0 amide bonds.